The minimum atomic E-state index is -0.186. The van der Waals surface area contributed by atoms with Crippen LogP contribution in [0.25, 0.3) is 0 Å². The van der Waals surface area contributed by atoms with Crippen molar-refractivity contribution in [2.24, 2.45) is 0 Å². The standard InChI is InChI=1S/C20H26N4O3/c1-20(2,3)15-8-6-14(7-9-15)19(26)21-11-10-16(25)22-12-17-23-18(24-27-17)13-4-5-13/h6-9,13H,4-5,10-12H2,1-3H3,(H,21,26)(H,22,25). The van der Waals surface area contributed by atoms with E-state index < -0.39 is 0 Å². The van der Waals surface area contributed by atoms with E-state index >= 15 is 0 Å². The van der Waals surface area contributed by atoms with Gasteiger partial charge in [0.05, 0.1) is 6.54 Å². The zero-order valence-corrected chi connectivity index (χ0v) is 16.0. The lowest BCUT2D eigenvalue weighted by Crippen LogP contribution is -2.30. The SMILES string of the molecule is CC(C)(C)c1ccc(C(=O)NCCC(=O)NCc2nc(C3CC3)no2)cc1. The Hall–Kier alpha value is -2.70. The van der Waals surface area contributed by atoms with E-state index in [9.17, 15) is 9.59 Å². The molecule has 1 aliphatic rings. The topological polar surface area (TPSA) is 97.1 Å². The van der Waals surface area contributed by atoms with Gasteiger partial charge in [-0.2, -0.15) is 4.98 Å². The summed E-state index contributed by atoms with van der Waals surface area (Å²) in [4.78, 5) is 28.3. The molecule has 7 heteroatoms. The number of carbonyl (C=O) groups excluding carboxylic acids is 2. The molecule has 0 atom stereocenters. The summed E-state index contributed by atoms with van der Waals surface area (Å²) in [6, 6.07) is 7.54. The van der Waals surface area contributed by atoms with Gasteiger partial charge in [-0.3, -0.25) is 9.59 Å². The smallest absolute Gasteiger partial charge is 0.251 e. The Kier molecular flexibility index (Phi) is 5.58. The van der Waals surface area contributed by atoms with E-state index in [-0.39, 0.29) is 36.7 Å². The Bertz CT molecular complexity index is 801. The predicted octanol–water partition coefficient (Wildman–Crippen LogP) is 2.68. The van der Waals surface area contributed by atoms with Crippen LogP contribution in [-0.4, -0.2) is 28.5 Å². The summed E-state index contributed by atoms with van der Waals surface area (Å²) in [6.07, 6.45) is 2.39. The average Bonchev–Trinajstić information content (AvgIpc) is 3.37. The van der Waals surface area contributed by atoms with Crippen molar-refractivity contribution in [3.05, 3.63) is 47.1 Å². The number of aromatic nitrogens is 2. The first-order valence-corrected chi connectivity index (χ1v) is 9.31. The van der Waals surface area contributed by atoms with Crippen LogP contribution in [0.4, 0.5) is 0 Å². The van der Waals surface area contributed by atoms with Gasteiger partial charge in [-0.25, -0.2) is 0 Å². The summed E-state index contributed by atoms with van der Waals surface area (Å²) in [5, 5.41) is 9.39. The van der Waals surface area contributed by atoms with E-state index in [0.717, 1.165) is 18.7 Å². The van der Waals surface area contributed by atoms with Crippen molar-refractivity contribution in [3.8, 4) is 0 Å². The third kappa shape index (κ3) is 5.39. The summed E-state index contributed by atoms with van der Waals surface area (Å²) < 4.78 is 5.10. The largest absolute Gasteiger partial charge is 0.352 e. The van der Waals surface area contributed by atoms with Gasteiger partial charge in [0.15, 0.2) is 5.82 Å². The molecule has 0 bridgehead atoms. The lowest BCUT2D eigenvalue weighted by Gasteiger charge is -2.19. The van der Waals surface area contributed by atoms with Crippen molar-refractivity contribution in [1.82, 2.24) is 20.8 Å². The van der Waals surface area contributed by atoms with Gasteiger partial charge in [0, 0.05) is 24.4 Å². The molecule has 2 N–H and O–H groups in total. The Morgan fingerprint density at radius 1 is 1.15 bits per heavy atom. The molecule has 7 nitrogen and oxygen atoms in total. The first-order valence-electron chi connectivity index (χ1n) is 9.31. The highest BCUT2D eigenvalue weighted by Crippen LogP contribution is 2.38. The molecule has 1 heterocycles. The Labute approximate surface area is 158 Å². The van der Waals surface area contributed by atoms with Gasteiger partial charge in [-0.15, -0.1) is 0 Å². The van der Waals surface area contributed by atoms with Gasteiger partial charge < -0.3 is 15.2 Å². The molecule has 1 fully saturated rings. The molecule has 0 radical (unpaired) electrons. The van der Waals surface area contributed by atoms with Gasteiger partial charge in [0.1, 0.15) is 0 Å². The molecule has 0 aliphatic heterocycles. The molecule has 1 aromatic carbocycles. The fraction of sp³-hybridized carbons (Fsp3) is 0.500. The lowest BCUT2D eigenvalue weighted by atomic mass is 9.87. The van der Waals surface area contributed by atoms with Crippen LogP contribution in [0, 0.1) is 0 Å². The first-order chi connectivity index (χ1) is 12.8. The second-order valence-electron chi connectivity index (χ2n) is 7.93. The predicted molar refractivity (Wildman–Crippen MR) is 100 cm³/mol. The van der Waals surface area contributed by atoms with Crippen LogP contribution in [0.1, 0.15) is 73.6 Å². The van der Waals surface area contributed by atoms with E-state index in [1.165, 1.54) is 5.56 Å². The third-order valence-corrected chi connectivity index (χ3v) is 4.51. The number of amides is 2. The summed E-state index contributed by atoms with van der Waals surface area (Å²) in [5.41, 5.74) is 1.80. The van der Waals surface area contributed by atoms with Gasteiger partial charge in [-0.05, 0) is 36.0 Å². The molecule has 0 saturated heterocycles. The van der Waals surface area contributed by atoms with Crippen molar-refractivity contribution in [2.45, 2.75) is 57.9 Å². The summed E-state index contributed by atoms with van der Waals surface area (Å²) in [5.74, 6) is 1.20. The van der Waals surface area contributed by atoms with Crippen molar-refractivity contribution in [1.29, 1.82) is 0 Å². The van der Waals surface area contributed by atoms with E-state index in [2.05, 4.69) is 41.5 Å². The fourth-order valence-corrected chi connectivity index (χ4v) is 2.62. The molecular weight excluding hydrogens is 344 g/mol. The van der Waals surface area contributed by atoms with Crippen molar-refractivity contribution in [2.75, 3.05) is 6.54 Å². The zero-order chi connectivity index (χ0) is 19.4. The van der Waals surface area contributed by atoms with Crippen LogP contribution in [0.3, 0.4) is 0 Å². The number of nitrogens with zero attached hydrogens (tertiary/aromatic N) is 2. The Morgan fingerprint density at radius 2 is 1.85 bits per heavy atom. The molecular formula is C20H26N4O3. The maximum Gasteiger partial charge on any atom is 0.251 e. The maximum atomic E-state index is 12.2. The molecule has 2 aromatic rings. The number of carbonyl (C=O) groups is 2. The second-order valence-corrected chi connectivity index (χ2v) is 7.93. The van der Waals surface area contributed by atoms with Crippen LogP contribution in [0.5, 0.6) is 0 Å². The van der Waals surface area contributed by atoms with E-state index in [4.69, 9.17) is 4.52 Å². The van der Waals surface area contributed by atoms with Crippen LogP contribution in [0.15, 0.2) is 28.8 Å². The molecule has 0 unspecified atom stereocenters. The first kappa shape index (κ1) is 19.1. The minimum Gasteiger partial charge on any atom is -0.352 e. The molecule has 27 heavy (non-hydrogen) atoms. The van der Waals surface area contributed by atoms with Crippen LogP contribution < -0.4 is 10.6 Å². The summed E-state index contributed by atoms with van der Waals surface area (Å²) in [7, 11) is 0. The van der Waals surface area contributed by atoms with Crippen molar-refractivity contribution < 1.29 is 14.1 Å². The van der Waals surface area contributed by atoms with Gasteiger partial charge in [-0.1, -0.05) is 38.1 Å². The minimum absolute atomic E-state index is 0.0465. The maximum absolute atomic E-state index is 12.2. The molecule has 144 valence electrons. The van der Waals surface area contributed by atoms with E-state index in [0.29, 0.717) is 17.4 Å². The highest BCUT2D eigenvalue weighted by atomic mass is 16.5. The monoisotopic (exact) mass is 370 g/mol. The Balaban J connectivity index is 1.38. The Morgan fingerprint density at radius 3 is 2.48 bits per heavy atom. The number of benzene rings is 1. The normalized spacial score (nSPS) is 14.0. The van der Waals surface area contributed by atoms with Gasteiger partial charge in [0.2, 0.25) is 11.8 Å². The zero-order valence-electron chi connectivity index (χ0n) is 16.0. The van der Waals surface area contributed by atoms with Crippen molar-refractivity contribution >= 4 is 11.8 Å². The van der Waals surface area contributed by atoms with Crippen LogP contribution in [-0.2, 0) is 16.8 Å². The van der Waals surface area contributed by atoms with Gasteiger partial charge >= 0.3 is 0 Å². The molecule has 1 aromatic heterocycles. The number of hydrogen-bond acceptors (Lipinski definition) is 5. The third-order valence-electron chi connectivity index (χ3n) is 4.51. The number of hydrogen-bond donors (Lipinski definition) is 2. The number of rotatable bonds is 7. The molecule has 1 saturated carbocycles. The average molecular weight is 370 g/mol. The second kappa shape index (κ2) is 7.90. The highest BCUT2D eigenvalue weighted by molar-refractivity contribution is 5.94. The van der Waals surface area contributed by atoms with Crippen LogP contribution >= 0.6 is 0 Å². The van der Waals surface area contributed by atoms with Crippen LogP contribution in [0.2, 0.25) is 0 Å². The van der Waals surface area contributed by atoms with Crippen molar-refractivity contribution in [3.63, 3.8) is 0 Å². The van der Waals surface area contributed by atoms with Gasteiger partial charge in [0.25, 0.3) is 5.91 Å². The molecule has 2 amide bonds. The number of nitrogens with one attached hydrogen (secondary N) is 2. The molecule has 3 rings (SSSR count). The molecule has 1 aliphatic carbocycles. The lowest BCUT2D eigenvalue weighted by molar-refractivity contribution is -0.121. The molecule has 0 spiro atoms. The summed E-state index contributed by atoms with van der Waals surface area (Å²) in [6.45, 7) is 6.86. The summed E-state index contributed by atoms with van der Waals surface area (Å²) >= 11 is 0. The quantitative estimate of drug-likeness (QED) is 0.781. The van der Waals surface area contributed by atoms with E-state index in [1.54, 1.807) is 0 Å². The fourth-order valence-electron chi connectivity index (χ4n) is 2.62. The van der Waals surface area contributed by atoms with E-state index in [1.807, 2.05) is 24.3 Å². The highest BCUT2D eigenvalue weighted by Gasteiger charge is 2.28.